The van der Waals surface area contributed by atoms with Gasteiger partial charge in [-0.3, -0.25) is 4.79 Å². The predicted octanol–water partition coefficient (Wildman–Crippen LogP) is 2.01. The van der Waals surface area contributed by atoms with Crippen LogP contribution in [0.3, 0.4) is 0 Å². The number of esters is 1. The number of carbonyl (C=O) groups is 1. The average molecular weight is 274 g/mol. The molecule has 1 saturated heterocycles. The third-order valence-electron chi connectivity index (χ3n) is 3.64. The van der Waals surface area contributed by atoms with Crippen molar-refractivity contribution < 1.29 is 14.1 Å². The Hall–Kier alpha value is -1.88. The molecule has 1 atom stereocenters. The maximum absolute atomic E-state index is 12.0. The molecule has 5 nitrogen and oxygen atoms in total. The molecule has 0 bridgehead atoms. The molecule has 1 aromatic carbocycles. The summed E-state index contributed by atoms with van der Waals surface area (Å²) < 4.78 is 10.7. The van der Waals surface area contributed by atoms with E-state index in [0.29, 0.717) is 11.3 Å². The van der Waals surface area contributed by atoms with Gasteiger partial charge in [0, 0.05) is 11.9 Å². The molecule has 1 aliphatic heterocycles. The first-order valence-corrected chi connectivity index (χ1v) is 6.93. The van der Waals surface area contributed by atoms with Crippen LogP contribution in [0.5, 0.6) is 0 Å². The Kier molecular flexibility index (Phi) is 3.69. The van der Waals surface area contributed by atoms with E-state index in [0.717, 1.165) is 31.3 Å². The highest BCUT2D eigenvalue weighted by Crippen LogP contribution is 2.19. The van der Waals surface area contributed by atoms with Crippen LogP contribution in [0.15, 0.2) is 28.8 Å². The fourth-order valence-electron chi connectivity index (χ4n) is 2.65. The fraction of sp³-hybridized carbons (Fsp3) is 0.467. The summed E-state index contributed by atoms with van der Waals surface area (Å²) in [6.45, 7) is 1.88. The maximum atomic E-state index is 12.0. The standard InChI is InChI=1S/C15H18N2O3/c1-17-8-4-5-11(10-17)19-15(18)9-13-12-6-2-3-7-14(12)20-16-13/h2-3,6-7,11H,4-5,8-10H2,1H3. The lowest BCUT2D eigenvalue weighted by molar-refractivity contribution is -0.150. The zero-order valence-corrected chi connectivity index (χ0v) is 11.5. The van der Waals surface area contributed by atoms with Crippen LogP contribution >= 0.6 is 0 Å². The zero-order chi connectivity index (χ0) is 13.9. The van der Waals surface area contributed by atoms with Crippen molar-refractivity contribution in [3.63, 3.8) is 0 Å². The van der Waals surface area contributed by atoms with E-state index < -0.39 is 0 Å². The molecule has 3 rings (SSSR count). The van der Waals surface area contributed by atoms with Crippen molar-refractivity contribution in [1.82, 2.24) is 10.1 Å². The fourth-order valence-corrected chi connectivity index (χ4v) is 2.65. The van der Waals surface area contributed by atoms with Crippen molar-refractivity contribution in [2.45, 2.75) is 25.4 Å². The van der Waals surface area contributed by atoms with Crippen molar-refractivity contribution in [2.75, 3.05) is 20.1 Å². The maximum Gasteiger partial charge on any atom is 0.312 e. The van der Waals surface area contributed by atoms with Gasteiger partial charge in [-0.2, -0.15) is 0 Å². The first kappa shape index (κ1) is 13.1. The van der Waals surface area contributed by atoms with Crippen LogP contribution in [0.1, 0.15) is 18.5 Å². The molecular formula is C15H18N2O3. The van der Waals surface area contributed by atoms with Crippen LogP contribution in [0.4, 0.5) is 0 Å². The highest BCUT2D eigenvalue weighted by atomic mass is 16.5. The minimum Gasteiger partial charge on any atom is -0.461 e. The second-order valence-corrected chi connectivity index (χ2v) is 5.32. The van der Waals surface area contributed by atoms with Gasteiger partial charge in [-0.1, -0.05) is 17.3 Å². The molecule has 0 amide bonds. The smallest absolute Gasteiger partial charge is 0.312 e. The molecule has 1 fully saturated rings. The van der Waals surface area contributed by atoms with Gasteiger partial charge in [0.1, 0.15) is 11.8 Å². The van der Waals surface area contributed by atoms with Gasteiger partial charge in [0.15, 0.2) is 5.58 Å². The van der Waals surface area contributed by atoms with Gasteiger partial charge in [0.25, 0.3) is 0 Å². The summed E-state index contributed by atoms with van der Waals surface area (Å²) in [7, 11) is 2.05. The number of likely N-dealkylation sites (N-methyl/N-ethyl adjacent to an activating group) is 1. The number of aromatic nitrogens is 1. The lowest BCUT2D eigenvalue weighted by atomic mass is 10.1. The molecule has 0 N–H and O–H groups in total. The van der Waals surface area contributed by atoms with Crippen LogP contribution in [-0.4, -0.2) is 42.3 Å². The number of likely N-dealkylation sites (tertiary alicyclic amines) is 1. The lowest BCUT2D eigenvalue weighted by Crippen LogP contribution is -2.38. The minimum atomic E-state index is -0.232. The number of ether oxygens (including phenoxy) is 1. The number of hydrogen-bond acceptors (Lipinski definition) is 5. The van der Waals surface area contributed by atoms with Crippen molar-refractivity contribution in [2.24, 2.45) is 0 Å². The Morgan fingerprint density at radius 1 is 1.50 bits per heavy atom. The first-order chi connectivity index (χ1) is 9.72. The number of nitrogens with zero attached hydrogens (tertiary/aromatic N) is 2. The number of carbonyl (C=O) groups excluding carboxylic acids is 1. The summed E-state index contributed by atoms with van der Waals surface area (Å²) in [5, 5.41) is 4.84. The Morgan fingerprint density at radius 2 is 2.35 bits per heavy atom. The van der Waals surface area contributed by atoms with E-state index in [4.69, 9.17) is 9.26 Å². The Bertz CT molecular complexity index is 608. The number of hydrogen-bond donors (Lipinski definition) is 0. The Morgan fingerprint density at radius 3 is 3.20 bits per heavy atom. The van der Waals surface area contributed by atoms with E-state index >= 15 is 0 Å². The van der Waals surface area contributed by atoms with Crippen molar-refractivity contribution in [3.05, 3.63) is 30.0 Å². The topological polar surface area (TPSA) is 55.6 Å². The largest absolute Gasteiger partial charge is 0.461 e. The van der Waals surface area contributed by atoms with E-state index in [1.54, 1.807) is 0 Å². The molecule has 0 aliphatic carbocycles. The Labute approximate surface area is 117 Å². The van der Waals surface area contributed by atoms with Crippen LogP contribution in [0, 0.1) is 0 Å². The van der Waals surface area contributed by atoms with Gasteiger partial charge in [-0.15, -0.1) is 0 Å². The highest BCUT2D eigenvalue weighted by Gasteiger charge is 2.22. The van der Waals surface area contributed by atoms with Gasteiger partial charge in [0.2, 0.25) is 0 Å². The molecule has 0 saturated carbocycles. The summed E-state index contributed by atoms with van der Waals surface area (Å²) >= 11 is 0. The second-order valence-electron chi connectivity index (χ2n) is 5.32. The van der Waals surface area contributed by atoms with Gasteiger partial charge in [-0.05, 0) is 38.6 Å². The van der Waals surface area contributed by atoms with Gasteiger partial charge < -0.3 is 14.2 Å². The van der Waals surface area contributed by atoms with Crippen molar-refractivity contribution >= 4 is 16.9 Å². The summed E-state index contributed by atoms with van der Waals surface area (Å²) in [5.74, 6) is -0.232. The molecule has 106 valence electrons. The molecule has 0 radical (unpaired) electrons. The van der Waals surface area contributed by atoms with E-state index in [2.05, 4.69) is 10.1 Å². The van der Waals surface area contributed by atoms with Crippen LogP contribution < -0.4 is 0 Å². The summed E-state index contributed by atoms with van der Waals surface area (Å²) in [5.41, 5.74) is 1.35. The van der Waals surface area contributed by atoms with Gasteiger partial charge >= 0.3 is 5.97 Å². The van der Waals surface area contributed by atoms with E-state index in [1.807, 2.05) is 31.3 Å². The molecular weight excluding hydrogens is 256 g/mol. The number of piperidine rings is 1. The number of benzene rings is 1. The molecule has 2 aromatic rings. The Balaban J connectivity index is 1.64. The quantitative estimate of drug-likeness (QED) is 0.801. The average Bonchev–Trinajstić information content (AvgIpc) is 2.82. The predicted molar refractivity (Wildman–Crippen MR) is 74.3 cm³/mol. The molecule has 20 heavy (non-hydrogen) atoms. The van der Waals surface area contributed by atoms with Crippen LogP contribution in [0.25, 0.3) is 11.0 Å². The first-order valence-electron chi connectivity index (χ1n) is 6.93. The normalized spacial score (nSPS) is 20.1. The SMILES string of the molecule is CN1CCCC(OC(=O)Cc2noc3ccccc23)C1. The second kappa shape index (κ2) is 5.63. The molecule has 0 spiro atoms. The number of rotatable bonds is 3. The molecule has 1 aromatic heterocycles. The highest BCUT2D eigenvalue weighted by molar-refractivity contribution is 5.84. The summed E-state index contributed by atoms with van der Waals surface area (Å²) in [6.07, 6.45) is 2.17. The monoisotopic (exact) mass is 274 g/mol. The van der Waals surface area contributed by atoms with Crippen molar-refractivity contribution in [3.8, 4) is 0 Å². The van der Waals surface area contributed by atoms with E-state index in [9.17, 15) is 4.79 Å². The summed E-state index contributed by atoms with van der Waals surface area (Å²) in [4.78, 5) is 14.2. The molecule has 2 heterocycles. The van der Waals surface area contributed by atoms with Crippen LogP contribution in [-0.2, 0) is 16.0 Å². The van der Waals surface area contributed by atoms with Gasteiger partial charge in [-0.25, -0.2) is 0 Å². The zero-order valence-electron chi connectivity index (χ0n) is 11.5. The molecule has 1 aliphatic rings. The number of fused-ring (bicyclic) bond motifs is 1. The lowest BCUT2D eigenvalue weighted by Gasteiger charge is -2.29. The third kappa shape index (κ3) is 2.82. The molecule has 1 unspecified atom stereocenters. The molecule has 5 heteroatoms. The van der Waals surface area contributed by atoms with Crippen molar-refractivity contribution in [1.29, 1.82) is 0 Å². The van der Waals surface area contributed by atoms with E-state index in [1.165, 1.54) is 0 Å². The number of para-hydroxylation sites is 1. The summed E-state index contributed by atoms with van der Waals surface area (Å²) in [6, 6.07) is 7.54. The van der Waals surface area contributed by atoms with E-state index in [-0.39, 0.29) is 18.5 Å². The third-order valence-corrected chi connectivity index (χ3v) is 3.64. The van der Waals surface area contributed by atoms with Gasteiger partial charge in [0.05, 0.1) is 6.42 Å². The van der Waals surface area contributed by atoms with Crippen LogP contribution in [0.2, 0.25) is 0 Å². The minimum absolute atomic E-state index is 0.000541.